The van der Waals surface area contributed by atoms with Crippen molar-refractivity contribution in [1.82, 2.24) is 10.2 Å². The van der Waals surface area contributed by atoms with Gasteiger partial charge in [0.25, 0.3) is 0 Å². The Hall–Kier alpha value is -0.610. The molecule has 0 aromatic rings. The van der Waals surface area contributed by atoms with Crippen molar-refractivity contribution in [3.8, 4) is 0 Å². The van der Waals surface area contributed by atoms with E-state index >= 15 is 0 Å². The Morgan fingerprint density at radius 3 is 2.76 bits per heavy atom. The number of hydrogen-bond donors (Lipinski definition) is 1. The van der Waals surface area contributed by atoms with Crippen LogP contribution >= 0.6 is 0 Å². The Morgan fingerprint density at radius 2 is 2.10 bits per heavy atom. The van der Waals surface area contributed by atoms with E-state index in [4.69, 9.17) is 4.74 Å². The lowest BCUT2D eigenvalue weighted by Gasteiger charge is -2.31. The number of carbonyl (C=O) groups is 1. The number of hydrogen-bond acceptors (Lipinski definition) is 4. The number of nitrogens with zero attached hydrogens (tertiary/aromatic N) is 1. The van der Waals surface area contributed by atoms with Gasteiger partial charge in [0.05, 0.1) is 7.11 Å². The zero-order valence-corrected chi connectivity index (χ0v) is 14.0. The Balaban J connectivity index is 1.98. The summed E-state index contributed by atoms with van der Waals surface area (Å²) in [6.07, 6.45) is 8.23. The van der Waals surface area contributed by atoms with Crippen LogP contribution < -0.4 is 5.32 Å². The lowest BCUT2D eigenvalue weighted by Crippen LogP contribution is -2.52. The molecule has 2 aliphatic rings. The van der Waals surface area contributed by atoms with Crippen LogP contribution in [0.4, 0.5) is 0 Å². The van der Waals surface area contributed by atoms with Gasteiger partial charge in [-0.15, -0.1) is 0 Å². The van der Waals surface area contributed by atoms with Crippen molar-refractivity contribution < 1.29 is 9.53 Å². The second-order valence-corrected chi connectivity index (χ2v) is 6.74. The van der Waals surface area contributed by atoms with Crippen LogP contribution in [-0.4, -0.2) is 49.2 Å². The summed E-state index contributed by atoms with van der Waals surface area (Å²) < 4.78 is 5.06. The van der Waals surface area contributed by atoms with E-state index in [-0.39, 0.29) is 5.97 Å². The minimum Gasteiger partial charge on any atom is -0.468 e. The monoisotopic (exact) mass is 296 g/mol. The van der Waals surface area contributed by atoms with Gasteiger partial charge in [0, 0.05) is 6.04 Å². The maximum Gasteiger partial charge on any atom is 0.326 e. The maximum atomic E-state index is 12.2. The minimum absolute atomic E-state index is 0.0758. The van der Waals surface area contributed by atoms with E-state index in [1.807, 2.05) is 0 Å². The molecule has 2 rings (SSSR count). The Morgan fingerprint density at radius 1 is 1.29 bits per heavy atom. The third kappa shape index (κ3) is 3.78. The predicted octanol–water partition coefficient (Wildman–Crippen LogP) is 2.57. The molecule has 4 heteroatoms. The number of ether oxygens (including phenoxy) is 1. The van der Waals surface area contributed by atoms with Gasteiger partial charge in [-0.05, 0) is 64.1 Å². The summed E-state index contributed by atoms with van der Waals surface area (Å²) in [6.45, 7) is 7.59. The molecule has 1 aliphatic heterocycles. The first kappa shape index (κ1) is 16.8. The highest BCUT2D eigenvalue weighted by Gasteiger charge is 2.47. The molecule has 0 aromatic heterocycles. The number of likely N-dealkylation sites (N-methyl/N-ethyl adjacent to an activating group) is 1. The average molecular weight is 296 g/mol. The number of esters is 1. The number of likely N-dealkylation sites (tertiary alicyclic amines) is 1. The highest BCUT2D eigenvalue weighted by Crippen LogP contribution is 2.35. The zero-order valence-electron chi connectivity index (χ0n) is 14.0. The molecule has 0 radical (unpaired) electrons. The molecule has 1 aliphatic carbocycles. The first-order chi connectivity index (χ1) is 10.1. The van der Waals surface area contributed by atoms with Crippen molar-refractivity contribution in [3.63, 3.8) is 0 Å². The van der Waals surface area contributed by atoms with Gasteiger partial charge in [-0.3, -0.25) is 4.79 Å². The summed E-state index contributed by atoms with van der Waals surface area (Å²) >= 11 is 0. The number of rotatable bonds is 5. The lowest BCUT2D eigenvalue weighted by atomic mass is 9.97. The molecule has 0 amide bonds. The Kier molecular flexibility index (Phi) is 6.06. The molecular formula is C17H32N2O2. The van der Waals surface area contributed by atoms with Crippen LogP contribution in [0.1, 0.15) is 58.8 Å². The smallest absolute Gasteiger partial charge is 0.326 e. The van der Waals surface area contributed by atoms with Crippen molar-refractivity contribution in [3.05, 3.63) is 0 Å². The highest BCUT2D eigenvalue weighted by atomic mass is 16.5. The zero-order chi connectivity index (χ0) is 15.3. The van der Waals surface area contributed by atoms with Crippen LogP contribution in [0, 0.1) is 5.92 Å². The molecule has 21 heavy (non-hydrogen) atoms. The van der Waals surface area contributed by atoms with E-state index in [0.717, 1.165) is 31.7 Å². The van der Waals surface area contributed by atoms with Gasteiger partial charge < -0.3 is 15.0 Å². The fraction of sp³-hybridized carbons (Fsp3) is 0.941. The number of nitrogens with one attached hydrogen (secondary N) is 1. The van der Waals surface area contributed by atoms with E-state index < -0.39 is 5.54 Å². The summed E-state index contributed by atoms with van der Waals surface area (Å²) in [5, 5.41) is 3.41. The quantitative estimate of drug-likeness (QED) is 0.792. The van der Waals surface area contributed by atoms with E-state index in [9.17, 15) is 4.79 Å². The minimum atomic E-state index is -0.440. The van der Waals surface area contributed by atoms with Crippen molar-refractivity contribution in [2.24, 2.45) is 5.92 Å². The summed E-state index contributed by atoms with van der Waals surface area (Å²) in [6, 6.07) is 0.541. The third-order valence-corrected chi connectivity index (χ3v) is 5.56. The van der Waals surface area contributed by atoms with Crippen LogP contribution in [0.2, 0.25) is 0 Å². The molecule has 1 saturated carbocycles. The molecule has 0 aromatic carbocycles. The van der Waals surface area contributed by atoms with Gasteiger partial charge in [0.1, 0.15) is 5.54 Å². The SMILES string of the molecule is CCNC1(C(=O)OC)CCC(N2CCCC(CC)CC2)C1. The van der Waals surface area contributed by atoms with Gasteiger partial charge >= 0.3 is 5.97 Å². The predicted molar refractivity (Wildman–Crippen MR) is 85.3 cm³/mol. The van der Waals surface area contributed by atoms with Crippen LogP contribution in [-0.2, 0) is 9.53 Å². The van der Waals surface area contributed by atoms with Gasteiger partial charge in [0.15, 0.2) is 0 Å². The summed E-state index contributed by atoms with van der Waals surface area (Å²) in [7, 11) is 1.51. The van der Waals surface area contributed by atoms with Crippen molar-refractivity contribution in [2.45, 2.75) is 70.4 Å². The fourth-order valence-electron chi connectivity index (χ4n) is 4.24. The van der Waals surface area contributed by atoms with Gasteiger partial charge in [0.2, 0.25) is 0 Å². The number of methoxy groups -OCH3 is 1. The second-order valence-electron chi connectivity index (χ2n) is 6.74. The first-order valence-corrected chi connectivity index (χ1v) is 8.72. The van der Waals surface area contributed by atoms with Gasteiger partial charge in [-0.2, -0.15) is 0 Å². The van der Waals surface area contributed by atoms with Crippen molar-refractivity contribution in [1.29, 1.82) is 0 Å². The Bertz CT molecular complexity index is 348. The van der Waals surface area contributed by atoms with E-state index in [0.29, 0.717) is 6.04 Å². The largest absolute Gasteiger partial charge is 0.468 e. The second kappa shape index (κ2) is 7.59. The molecule has 1 saturated heterocycles. The average Bonchev–Trinajstić information content (AvgIpc) is 2.78. The topological polar surface area (TPSA) is 41.6 Å². The molecule has 2 fully saturated rings. The molecule has 4 nitrogen and oxygen atoms in total. The van der Waals surface area contributed by atoms with Crippen LogP contribution in [0.3, 0.4) is 0 Å². The van der Waals surface area contributed by atoms with Crippen molar-refractivity contribution >= 4 is 5.97 Å². The lowest BCUT2D eigenvalue weighted by molar-refractivity contribution is -0.148. The van der Waals surface area contributed by atoms with Crippen LogP contribution in [0.5, 0.6) is 0 Å². The van der Waals surface area contributed by atoms with E-state index in [2.05, 4.69) is 24.1 Å². The molecular weight excluding hydrogens is 264 g/mol. The molecule has 0 spiro atoms. The summed E-state index contributed by atoms with van der Waals surface area (Å²) in [5.74, 6) is 0.823. The molecule has 1 heterocycles. The summed E-state index contributed by atoms with van der Waals surface area (Å²) in [5.41, 5.74) is -0.440. The Labute approximate surface area is 129 Å². The van der Waals surface area contributed by atoms with Crippen LogP contribution in [0.15, 0.2) is 0 Å². The third-order valence-electron chi connectivity index (χ3n) is 5.56. The standard InChI is InChI=1S/C17H32N2O2/c1-4-14-7-6-11-19(12-9-14)15-8-10-17(13-15,18-5-2)16(20)21-3/h14-15,18H,4-13H2,1-3H3. The van der Waals surface area contributed by atoms with Gasteiger partial charge in [-0.25, -0.2) is 0 Å². The maximum absolute atomic E-state index is 12.2. The molecule has 1 N–H and O–H groups in total. The van der Waals surface area contributed by atoms with Crippen LogP contribution in [0.25, 0.3) is 0 Å². The number of carbonyl (C=O) groups excluding carboxylic acids is 1. The van der Waals surface area contributed by atoms with E-state index in [1.165, 1.54) is 45.9 Å². The molecule has 0 bridgehead atoms. The van der Waals surface area contributed by atoms with Crippen molar-refractivity contribution in [2.75, 3.05) is 26.7 Å². The van der Waals surface area contributed by atoms with E-state index in [1.54, 1.807) is 0 Å². The molecule has 3 unspecified atom stereocenters. The molecule has 122 valence electrons. The highest BCUT2D eigenvalue weighted by molar-refractivity contribution is 5.81. The first-order valence-electron chi connectivity index (χ1n) is 8.72. The molecule has 3 atom stereocenters. The van der Waals surface area contributed by atoms with Gasteiger partial charge in [-0.1, -0.05) is 20.3 Å². The normalized spacial score (nSPS) is 34.6. The summed E-state index contributed by atoms with van der Waals surface area (Å²) in [4.78, 5) is 14.9. The fourth-order valence-corrected chi connectivity index (χ4v) is 4.24.